The molecule has 0 radical (unpaired) electrons. The van der Waals surface area contributed by atoms with Crippen LogP contribution in [0.2, 0.25) is 0 Å². The lowest BCUT2D eigenvalue weighted by molar-refractivity contribution is -0.203. The first-order chi connectivity index (χ1) is 16.0. The number of carboxylic acid groups (broad SMARTS) is 1. The number of aliphatic hydroxyl groups excluding tert-OH is 1. The summed E-state index contributed by atoms with van der Waals surface area (Å²) < 4.78 is 42.1. The van der Waals surface area contributed by atoms with Crippen LogP contribution in [-0.2, 0) is 4.79 Å². The van der Waals surface area contributed by atoms with Crippen LogP contribution < -0.4 is 0 Å². The molecule has 172 valence electrons. The predicted molar refractivity (Wildman–Crippen MR) is 118 cm³/mol. The van der Waals surface area contributed by atoms with Gasteiger partial charge in [0.1, 0.15) is 0 Å². The van der Waals surface area contributed by atoms with Gasteiger partial charge in [-0.1, -0.05) is 34.0 Å². The SMILES string of the molecule is [2H]C([C@@H]1[C@@H]2C[C@H](O)CC[C@]2(C)C2CC[C@@]3(C)C(CC[C@@H]3[C@H](C)CCC(=O)O)C2[C@]1([2H])O)C([2H])([2H])[2H]. The van der Waals surface area contributed by atoms with E-state index in [1.807, 2.05) is 0 Å². The van der Waals surface area contributed by atoms with Crippen molar-refractivity contribution in [2.75, 3.05) is 0 Å². The van der Waals surface area contributed by atoms with E-state index in [9.17, 15) is 21.5 Å². The van der Waals surface area contributed by atoms with Crippen LogP contribution in [0.15, 0.2) is 0 Å². The van der Waals surface area contributed by atoms with Crippen molar-refractivity contribution < 1.29 is 27.0 Å². The summed E-state index contributed by atoms with van der Waals surface area (Å²) in [4.78, 5) is 11.2. The molecule has 0 aromatic rings. The Kier molecular flexibility index (Phi) is 4.56. The fraction of sp³-hybridized carbons (Fsp3) is 0.962. The molecule has 4 unspecified atom stereocenters. The van der Waals surface area contributed by atoms with Gasteiger partial charge in [0.15, 0.2) is 0 Å². The second kappa shape index (κ2) is 8.06. The van der Waals surface area contributed by atoms with Gasteiger partial charge in [-0.25, -0.2) is 0 Å². The summed E-state index contributed by atoms with van der Waals surface area (Å²) in [6.07, 6.45) is 1.77. The lowest BCUT2D eigenvalue weighted by atomic mass is 9.41. The highest BCUT2D eigenvalue weighted by molar-refractivity contribution is 5.66. The molecule has 12 atom stereocenters. The highest BCUT2D eigenvalue weighted by Crippen LogP contribution is 2.69. The first kappa shape index (κ1) is 16.9. The fourth-order valence-electron chi connectivity index (χ4n) is 8.81. The molecule has 30 heavy (non-hydrogen) atoms. The van der Waals surface area contributed by atoms with Crippen LogP contribution in [0.25, 0.3) is 0 Å². The Bertz CT molecular complexity index is 818. The number of fused-ring (bicyclic) bond motifs is 5. The van der Waals surface area contributed by atoms with Gasteiger partial charge in [-0.2, -0.15) is 0 Å². The highest BCUT2D eigenvalue weighted by atomic mass is 16.4. The van der Waals surface area contributed by atoms with Crippen LogP contribution in [0.5, 0.6) is 0 Å². The van der Waals surface area contributed by atoms with Gasteiger partial charge in [-0.05, 0) is 104 Å². The summed E-state index contributed by atoms with van der Waals surface area (Å²) in [6.45, 7) is 3.92. The van der Waals surface area contributed by atoms with Crippen molar-refractivity contribution in [1.29, 1.82) is 0 Å². The van der Waals surface area contributed by atoms with E-state index in [-0.39, 0.29) is 40.9 Å². The van der Waals surface area contributed by atoms with Crippen LogP contribution in [0.4, 0.5) is 0 Å². The third kappa shape index (κ3) is 3.36. The van der Waals surface area contributed by atoms with Gasteiger partial charge in [-0.3, -0.25) is 4.79 Å². The van der Waals surface area contributed by atoms with Crippen molar-refractivity contribution in [1.82, 2.24) is 0 Å². The molecular formula is C26H44O4. The largest absolute Gasteiger partial charge is 0.481 e. The Morgan fingerprint density at radius 1 is 1.13 bits per heavy atom. The molecule has 0 amide bonds. The standard InChI is InChI=1S/C26H44O4/c1-5-17-21-14-16(27)10-12-26(21,4)20-11-13-25(3)18(15(2)6-9-22(28)29)7-8-19(25)23(20)24(17)30/h15-21,23-24,27,30H,5-14H2,1-4H3,(H,28,29)/t15-,16-,17-,18-,19?,20?,21+,23?,24-,25-,26-/m1/s1/i1D3,5D,24D/t5?,15-,16-,17-,18-,19?,20?,21+,23?,24-,25-,26-. The van der Waals surface area contributed by atoms with Crippen LogP contribution in [0, 0.1) is 52.3 Å². The molecule has 4 nitrogen and oxygen atoms in total. The van der Waals surface area contributed by atoms with Gasteiger partial charge in [0.05, 0.1) is 13.6 Å². The van der Waals surface area contributed by atoms with Gasteiger partial charge in [0, 0.05) is 11.9 Å². The number of hydrogen-bond donors (Lipinski definition) is 3. The zero-order chi connectivity index (χ0) is 26.1. The number of aliphatic hydroxyl groups is 2. The molecule has 4 saturated carbocycles. The van der Waals surface area contributed by atoms with Crippen molar-refractivity contribution >= 4 is 5.97 Å². The molecule has 4 fully saturated rings. The second-order valence-electron chi connectivity index (χ2n) is 11.5. The Morgan fingerprint density at radius 3 is 2.53 bits per heavy atom. The average Bonchev–Trinajstić information content (AvgIpc) is 3.09. The first-order valence-corrected chi connectivity index (χ1v) is 12.1. The van der Waals surface area contributed by atoms with Crippen molar-refractivity contribution in [3.8, 4) is 0 Å². The van der Waals surface area contributed by atoms with E-state index in [1.54, 1.807) is 0 Å². The number of rotatable bonds is 5. The van der Waals surface area contributed by atoms with Gasteiger partial charge in [0.2, 0.25) is 0 Å². The van der Waals surface area contributed by atoms with Crippen LogP contribution >= 0.6 is 0 Å². The Labute approximate surface area is 189 Å². The van der Waals surface area contributed by atoms with E-state index in [1.165, 1.54) is 0 Å². The predicted octanol–water partition coefficient (Wildman–Crippen LogP) is 5.11. The van der Waals surface area contributed by atoms with Crippen molar-refractivity contribution in [2.24, 2.45) is 52.3 Å². The molecule has 0 spiro atoms. The molecule has 0 aromatic carbocycles. The van der Waals surface area contributed by atoms with E-state index < -0.39 is 43.2 Å². The van der Waals surface area contributed by atoms with Gasteiger partial charge < -0.3 is 15.3 Å². The topological polar surface area (TPSA) is 77.8 Å². The van der Waals surface area contributed by atoms with Gasteiger partial charge in [-0.15, -0.1) is 0 Å². The van der Waals surface area contributed by atoms with E-state index in [0.29, 0.717) is 25.2 Å². The van der Waals surface area contributed by atoms with Crippen LogP contribution in [0.1, 0.15) is 98.7 Å². The maximum Gasteiger partial charge on any atom is 0.303 e. The quantitative estimate of drug-likeness (QED) is 0.572. The molecule has 4 heteroatoms. The van der Waals surface area contributed by atoms with E-state index >= 15 is 0 Å². The molecule has 4 rings (SSSR count). The summed E-state index contributed by atoms with van der Waals surface area (Å²) >= 11 is 0. The third-order valence-electron chi connectivity index (χ3n) is 10.4. The Morgan fingerprint density at radius 2 is 1.83 bits per heavy atom. The fourth-order valence-corrected chi connectivity index (χ4v) is 8.81. The number of carbonyl (C=O) groups is 1. The van der Waals surface area contributed by atoms with Gasteiger partial charge in [0.25, 0.3) is 0 Å². The van der Waals surface area contributed by atoms with Gasteiger partial charge >= 0.3 is 5.97 Å². The molecule has 4 aliphatic rings. The minimum atomic E-state index is -2.61. The van der Waals surface area contributed by atoms with E-state index in [4.69, 9.17) is 5.48 Å². The summed E-state index contributed by atoms with van der Waals surface area (Å²) in [7, 11) is 0. The molecule has 0 aromatic heterocycles. The minimum Gasteiger partial charge on any atom is -0.481 e. The average molecular weight is 426 g/mol. The number of carboxylic acids is 1. The van der Waals surface area contributed by atoms with Crippen LogP contribution in [0.3, 0.4) is 0 Å². The summed E-state index contributed by atoms with van der Waals surface area (Å²) in [5.74, 6) is -2.04. The Hall–Kier alpha value is -0.610. The smallest absolute Gasteiger partial charge is 0.303 e. The zero-order valence-corrected chi connectivity index (χ0v) is 18.8. The van der Waals surface area contributed by atoms with Crippen LogP contribution in [-0.4, -0.2) is 33.5 Å². The summed E-state index contributed by atoms with van der Waals surface area (Å²) in [6, 6.07) is 0. The molecule has 0 saturated heterocycles. The Balaban J connectivity index is 1.74. The van der Waals surface area contributed by atoms with Crippen molar-refractivity contribution in [3.63, 3.8) is 0 Å². The maximum absolute atomic E-state index is 12.0. The molecule has 0 heterocycles. The minimum absolute atomic E-state index is 0.0388. The van der Waals surface area contributed by atoms with E-state index in [2.05, 4.69) is 20.8 Å². The van der Waals surface area contributed by atoms with Crippen molar-refractivity contribution in [2.45, 2.75) is 104 Å². The normalized spacial score (nSPS) is 57.9. The number of aliphatic carboxylic acids is 1. The first-order valence-electron chi connectivity index (χ1n) is 14.7. The molecular weight excluding hydrogens is 376 g/mol. The third-order valence-corrected chi connectivity index (χ3v) is 10.4. The highest BCUT2D eigenvalue weighted by Gasteiger charge is 2.64. The summed E-state index contributed by atoms with van der Waals surface area (Å²) in [5.41, 5.74) is -0.464. The van der Waals surface area contributed by atoms with E-state index in [0.717, 1.165) is 32.1 Å². The van der Waals surface area contributed by atoms with Crippen molar-refractivity contribution in [3.05, 3.63) is 0 Å². The monoisotopic (exact) mass is 425 g/mol. The second-order valence-corrected chi connectivity index (χ2v) is 11.5. The lowest BCUT2D eigenvalue weighted by Crippen LogP contribution is -2.62. The zero-order valence-electron chi connectivity index (χ0n) is 23.8. The molecule has 3 N–H and O–H groups in total. The number of hydrogen-bond acceptors (Lipinski definition) is 3. The molecule has 0 bridgehead atoms. The molecule has 4 aliphatic carbocycles. The maximum atomic E-state index is 12.0. The lowest BCUT2D eigenvalue weighted by Gasteiger charge is -2.64. The molecule has 0 aliphatic heterocycles. The summed E-state index contributed by atoms with van der Waals surface area (Å²) in [5, 5.41) is 31.7.